The van der Waals surface area contributed by atoms with Crippen LogP contribution in [0.4, 0.5) is 16.2 Å². The maximum Gasteiger partial charge on any atom is 0.407 e. The number of carbonyl (C=O) groups excluding carboxylic acids is 1. The standard InChI is InChI=1S/C23H22N2O2/c26-23(27-18-20-9-3-1-4-10-20)24-16-8-12-19-11-7-15-22(17-19)25-21-13-5-2-6-14-21/h1-15,17,25H,16,18H2,(H,24,26). The Kier molecular flexibility index (Phi) is 6.65. The lowest BCUT2D eigenvalue weighted by Crippen LogP contribution is -2.24. The highest BCUT2D eigenvalue weighted by Crippen LogP contribution is 2.17. The number of para-hydroxylation sites is 1. The van der Waals surface area contributed by atoms with Gasteiger partial charge in [0.05, 0.1) is 0 Å². The van der Waals surface area contributed by atoms with E-state index < -0.39 is 6.09 Å². The molecule has 27 heavy (non-hydrogen) atoms. The molecule has 4 heteroatoms. The molecule has 136 valence electrons. The summed E-state index contributed by atoms with van der Waals surface area (Å²) < 4.78 is 5.17. The number of anilines is 2. The van der Waals surface area contributed by atoms with Crippen LogP contribution >= 0.6 is 0 Å². The van der Waals surface area contributed by atoms with Crippen molar-refractivity contribution in [2.45, 2.75) is 6.61 Å². The summed E-state index contributed by atoms with van der Waals surface area (Å²) in [6, 6.07) is 27.7. The lowest BCUT2D eigenvalue weighted by atomic mass is 10.2. The molecule has 0 radical (unpaired) electrons. The SMILES string of the molecule is O=C(NCC=Cc1cccc(Nc2ccccc2)c1)OCc1ccccc1. The first kappa shape index (κ1) is 18.3. The van der Waals surface area contributed by atoms with Crippen molar-refractivity contribution in [2.24, 2.45) is 0 Å². The van der Waals surface area contributed by atoms with Gasteiger partial charge in [-0.3, -0.25) is 0 Å². The monoisotopic (exact) mass is 358 g/mol. The average Bonchev–Trinajstić information content (AvgIpc) is 2.71. The van der Waals surface area contributed by atoms with E-state index in [4.69, 9.17) is 4.74 Å². The van der Waals surface area contributed by atoms with Crippen LogP contribution in [0.15, 0.2) is 91.0 Å². The number of amides is 1. The van der Waals surface area contributed by atoms with Gasteiger partial charge in [-0.2, -0.15) is 0 Å². The Morgan fingerprint density at radius 3 is 2.33 bits per heavy atom. The van der Waals surface area contributed by atoms with Gasteiger partial charge in [-0.1, -0.05) is 72.8 Å². The minimum atomic E-state index is -0.428. The average molecular weight is 358 g/mol. The van der Waals surface area contributed by atoms with Crippen LogP contribution in [-0.2, 0) is 11.3 Å². The normalized spacial score (nSPS) is 10.5. The first-order valence-electron chi connectivity index (χ1n) is 8.83. The summed E-state index contributed by atoms with van der Waals surface area (Å²) in [6.45, 7) is 0.674. The molecular formula is C23H22N2O2. The zero-order valence-corrected chi connectivity index (χ0v) is 15.0. The number of benzene rings is 3. The van der Waals surface area contributed by atoms with Crippen molar-refractivity contribution in [2.75, 3.05) is 11.9 Å². The second-order valence-corrected chi connectivity index (χ2v) is 5.96. The summed E-state index contributed by atoms with van der Waals surface area (Å²) in [6.07, 6.45) is 3.43. The largest absolute Gasteiger partial charge is 0.445 e. The van der Waals surface area contributed by atoms with Gasteiger partial charge in [-0.25, -0.2) is 4.79 Å². The molecule has 0 aromatic heterocycles. The summed E-state index contributed by atoms with van der Waals surface area (Å²) in [5, 5.41) is 6.08. The third-order valence-corrected chi connectivity index (χ3v) is 3.84. The fourth-order valence-corrected chi connectivity index (χ4v) is 2.52. The van der Waals surface area contributed by atoms with E-state index >= 15 is 0 Å². The van der Waals surface area contributed by atoms with Crippen molar-refractivity contribution < 1.29 is 9.53 Å². The Morgan fingerprint density at radius 2 is 1.56 bits per heavy atom. The molecular weight excluding hydrogens is 336 g/mol. The maximum absolute atomic E-state index is 11.7. The highest BCUT2D eigenvalue weighted by atomic mass is 16.5. The van der Waals surface area contributed by atoms with Crippen molar-refractivity contribution in [3.8, 4) is 0 Å². The third kappa shape index (κ3) is 6.36. The molecule has 0 saturated carbocycles. The van der Waals surface area contributed by atoms with Crippen molar-refractivity contribution in [1.29, 1.82) is 0 Å². The molecule has 0 aliphatic heterocycles. The topological polar surface area (TPSA) is 50.4 Å². The van der Waals surface area contributed by atoms with Gasteiger partial charge in [0.25, 0.3) is 0 Å². The van der Waals surface area contributed by atoms with Gasteiger partial charge in [-0.15, -0.1) is 0 Å². The van der Waals surface area contributed by atoms with Crippen LogP contribution < -0.4 is 10.6 Å². The van der Waals surface area contributed by atoms with Gasteiger partial charge in [0.2, 0.25) is 0 Å². The van der Waals surface area contributed by atoms with Crippen LogP contribution in [0, 0.1) is 0 Å². The Morgan fingerprint density at radius 1 is 0.852 bits per heavy atom. The Hall–Kier alpha value is -3.53. The van der Waals surface area contributed by atoms with Crippen LogP contribution in [0.1, 0.15) is 11.1 Å². The number of nitrogens with one attached hydrogen (secondary N) is 2. The second kappa shape index (κ2) is 9.82. The summed E-state index contributed by atoms with van der Waals surface area (Å²) in [4.78, 5) is 11.7. The molecule has 0 atom stereocenters. The Balaban J connectivity index is 1.44. The minimum absolute atomic E-state index is 0.267. The second-order valence-electron chi connectivity index (χ2n) is 5.96. The summed E-state index contributed by atoms with van der Waals surface area (Å²) in [7, 11) is 0. The maximum atomic E-state index is 11.7. The van der Waals surface area contributed by atoms with E-state index in [1.807, 2.05) is 91.0 Å². The van der Waals surface area contributed by atoms with Crippen molar-refractivity contribution in [1.82, 2.24) is 5.32 Å². The number of hydrogen-bond acceptors (Lipinski definition) is 3. The highest BCUT2D eigenvalue weighted by Gasteiger charge is 2.00. The molecule has 1 amide bonds. The lowest BCUT2D eigenvalue weighted by molar-refractivity contribution is 0.141. The first-order valence-corrected chi connectivity index (χ1v) is 8.83. The number of alkyl carbamates (subject to hydrolysis) is 1. The Bertz CT molecular complexity index is 877. The molecule has 3 rings (SSSR count). The van der Waals surface area contributed by atoms with Crippen LogP contribution in [0.2, 0.25) is 0 Å². The molecule has 0 fully saturated rings. The fraction of sp³-hybridized carbons (Fsp3) is 0.0870. The Labute approximate surface area is 159 Å². The molecule has 0 heterocycles. The molecule has 0 aliphatic carbocycles. The van der Waals surface area contributed by atoms with Crippen molar-refractivity contribution in [3.63, 3.8) is 0 Å². The van der Waals surface area contributed by atoms with E-state index in [1.54, 1.807) is 0 Å². The van der Waals surface area contributed by atoms with Gasteiger partial charge in [0.1, 0.15) is 6.61 Å². The number of hydrogen-bond donors (Lipinski definition) is 2. The molecule has 2 N–H and O–H groups in total. The minimum Gasteiger partial charge on any atom is -0.445 e. The summed E-state index contributed by atoms with van der Waals surface area (Å²) >= 11 is 0. The highest BCUT2D eigenvalue weighted by molar-refractivity contribution is 5.68. The molecule has 0 unspecified atom stereocenters. The molecule has 0 bridgehead atoms. The number of carbonyl (C=O) groups is 1. The van der Waals surface area contributed by atoms with Gasteiger partial charge in [0, 0.05) is 17.9 Å². The van der Waals surface area contributed by atoms with E-state index in [0.717, 1.165) is 22.5 Å². The molecule has 3 aromatic rings. The molecule has 3 aromatic carbocycles. The zero-order valence-electron chi connectivity index (χ0n) is 15.0. The first-order chi connectivity index (χ1) is 13.3. The summed E-state index contributed by atoms with van der Waals surface area (Å²) in [5.74, 6) is 0. The van der Waals surface area contributed by atoms with Gasteiger partial charge >= 0.3 is 6.09 Å². The lowest BCUT2D eigenvalue weighted by Gasteiger charge is -2.07. The molecule has 4 nitrogen and oxygen atoms in total. The number of rotatable bonds is 7. The van der Waals surface area contributed by atoms with E-state index in [-0.39, 0.29) is 6.61 Å². The van der Waals surface area contributed by atoms with Gasteiger partial charge < -0.3 is 15.4 Å². The summed E-state index contributed by atoms with van der Waals surface area (Å²) in [5.41, 5.74) is 4.07. The van der Waals surface area contributed by atoms with Crippen LogP contribution in [0.5, 0.6) is 0 Å². The van der Waals surface area contributed by atoms with Crippen LogP contribution in [-0.4, -0.2) is 12.6 Å². The predicted octanol–water partition coefficient (Wildman–Crippen LogP) is 5.37. The van der Waals surface area contributed by atoms with E-state index in [1.165, 1.54) is 0 Å². The third-order valence-electron chi connectivity index (χ3n) is 3.84. The molecule has 0 saturated heterocycles. The van der Waals surface area contributed by atoms with Crippen LogP contribution in [0.3, 0.4) is 0 Å². The molecule has 0 aliphatic rings. The fourth-order valence-electron chi connectivity index (χ4n) is 2.52. The van der Waals surface area contributed by atoms with E-state index in [9.17, 15) is 4.79 Å². The number of ether oxygens (including phenoxy) is 1. The van der Waals surface area contributed by atoms with E-state index in [2.05, 4.69) is 16.7 Å². The predicted molar refractivity (Wildman–Crippen MR) is 110 cm³/mol. The van der Waals surface area contributed by atoms with Crippen molar-refractivity contribution >= 4 is 23.5 Å². The van der Waals surface area contributed by atoms with Crippen LogP contribution in [0.25, 0.3) is 6.08 Å². The zero-order chi connectivity index (χ0) is 18.7. The van der Waals surface area contributed by atoms with E-state index in [0.29, 0.717) is 6.54 Å². The van der Waals surface area contributed by atoms with Gasteiger partial charge in [-0.05, 0) is 35.4 Å². The van der Waals surface area contributed by atoms with Crippen molar-refractivity contribution in [3.05, 3.63) is 102 Å². The van der Waals surface area contributed by atoms with Gasteiger partial charge in [0.15, 0.2) is 0 Å². The smallest absolute Gasteiger partial charge is 0.407 e. The molecule has 0 spiro atoms. The quantitative estimate of drug-likeness (QED) is 0.597.